The molecule has 1 aliphatic heterocycles. The number of hydrogen-bond donors (Lipinski definition) is 1. The lowest BCUT2D eigenvalue weighted by Gasteiger charge is -2.26. The van der Waals surface area contributed by atoms with E-state index < -0.39 is 6.10 Å². The van der Waals surface area contributed by atoms with Crippen molar-refractivity contribution in [1.29, 1.82) is 0 Å². The van der Waals surface area contributed by atoms with Crippen molar-refractivity contribution in [2.75, 3.05) is 32.8 Å². The Labute approximate surface area is 131 Å². The quantitative estimate of drug-likeness (QED) is 0.469. The van der Waals surface area contributed by atoms with Gasteiger partial charge in [0.05, 0.1) is 0 Å². The highest BCUT2D eigenvalue weighted by Crippen LogP contribution is 2.09. The van der Waals surface area contributed by atoms with E-state index in [0.29, 0.717) is 0 Å². The first kappa shape index (κ1) is 18.5. The second-order valence-electron chi connectivity index (χ2n) is 5.98. The van der Waals surface area contributed by atoms with E-state index in [4.69, 9.17) is 4.74 Å². The third kappa shape index (κ3) is 10.8. The maximum Gasteiger partial charge on any atom is 0.114 e. The van der Waals surface area contributed by atoms with Crippen molar-refractivity contribution in [2.24, 2.45) is 0 Å². The van der Waals surface area contributed by atoms with Gasteiger partial charge in [-0.2, -0.15) is 0 Å². The van der Waals surface area contributed by atoms with Gasteiger partial charge in [-0.1, -0.05) is 25.2 Å². The minimum absolute atomic E-state index is 0.430. The standard InChI is InChI=1S/C18H33NO2/c1-2-11-18(20)12-6-3-4-9-16-21-17-10-15-19-13-7-5-8-14-19/h18,20H,3-10,12-17H2,1H3. The molecule has 0 aromatic carbocycles. The van der Waals surface area contributed by atoms with Crippen molar-refractivity contribution >= 4 is 0 Å². The van der Waals surface area contributed by atoms with Gasteiger partial charge in [-0.3, -0.25) is 0 Å². The molecule has 1 rings (SSSR count). The molecule has 1 unspecified atom stereocenters. The lowest BCUT2D eigenvalue weighted by molar-refractivity contribution is 0.113. The van der Waals surface area contributed by atoms with E-state index in [9.17, 15) is 5.11 Å². The third-order valence-electron chi connectivity index (χ3n) is 4.04. The van der Waals surface area contributed by atoms with E-state index in [1.807, 2.05) is 0 Å². The number of nitrogens with zero attached hydrogens (tertiary/aromatic N) is 1. The fourth-order valence-corrected chi connectivity index (χ4v) is 2.81. The number of hydrogen-bond acceptors (Lipinski definition) is 3. The predicted octanol–water partition coefficient (Wildman–Crippen LogP) is 3.21. The van der Waals surface area contributed by atoms with E-state index in [-0.39, 0.29) is 0 Å². The van der Waals surface area contributed by atoms with Gasteiger partial charge in [-0.25, -0.2) is 0 Å². The molecule has 0 bridgehead atoms. The van der Waals surface area contributed by atoms with Crippen LogP contribution in [0.2, 0.25) is 0 Å². The molecular formula is C18H33NO2. The number of rotatable bonds is 11. The number of aliphatic hydroxyl groups excluding tert-OH is 1. The van der Waals surface area contributed by atoms with E-state index in [0.717, 1.165) is 32.5 Å². The molecule has 0 radical (unpaired) electrons. The Morgan fingerprint density at radius 3 is 2.48 bits per heavy atom. The Hall–Kier alpha value is -0.560. The first-order chi connectivity index (χ1) is 10.3. The summed E-state index contributed by atoms with van der Waals surface area (Å²) >= 11 is 0. The van der Waals surface area contributed by atoms with Gasteiger partial charge in [-0.05, 0) is 58.5 Å². The average molecular weight is 295 g/mol. The van der Waals surface area contributed by atoms with Gasteiger partial charge in [0.1, 0.15) is 6.10 Å². The smallest absolute Gasteiger partial charge is 0.114 e. The molecule has 3 heteroatoms. The third-order valence-corrected chi connectivity index (χ3v) is 4.04. The molecule has 1 atom stereocenters. The summed E-state index contributed by atoms with van der Waals surface area (Å²) in [5, 5.41) is 9.45. The van der Waals surface area contributed by atoms with Crippen molar-refractivity contribution in [1.82, 2.24) is 4.90 Å². The maximum absolute atomic E-state index is 9.45. The van der Waals surface area contributed by atoms with Crippen LogP contribution in [0.15, 0.2) is 0 Å². The number of aliphatic hydroxyl groups is 1. The Morgan fingerprint density at radius 1 is 1.00 bits per heavy atom. The molecule has 0 aliphatic carbocycles. The average Bonchev–Trinajstić information content (AvgIpc) is 2.50. The highest BCUT2D eigenvalue weighted by molar-refractivity contribution is 5.01. The van der Waals surface area contributed by atoms with Crippen LogP contribution in [0.4, 0.5) is 0 Å². The zero-order chi connectivity index (χ0) is 15.2. The molecule has 0 spiro atoms. The Bertz CT molecular complexity index is 289. The molecule has 1 aliphatic rings. The maximum atomic E-state index is 9.45. The summed E-state index contributed by atoms with van der Waals surface area (Å²) in [6.07, 6.45) is 10.3. The Kier molecular flexibility index (Phi) is 11.6. The van der Waals surface area contributed by atoms with Crippen LogP contribution in [0.1, 0.15) is 64.7 Å². The van der Waals surface area contributed by atoms with Crippen LogP contribution in [0, 0.1) is 11.8 Å². The molecule has 1 N–H and O–H groups in total. The summed E-state index contributed by atoms with van der Waals surface area (Å²) < 4.78 is 5.69. The van der Waals surface area contributed by atoms with Crippen LogP contribution in [0.5, 0.6) is 0 Å². The van der Waals surface area contributed by atoms with Crippen molar-refractivity contribution in [2.45, 2.75) is 70.8 Å². The summed E-state index contributed by atoms with van der Waals surface area (Å²) in [5.74, 6) is 5.52. The Balaban J connectivity index is 1.77. The van der Waals surface area contributed by atoms with Crippen LogP contribution in [-0.2, 0) is 4.74 Å². The van der Waals surface area contributed by atoms with Gasteiger partial charge in [0, 0.05) is 19.8 Å². The van der Waals surface area contributed by atoms with Gasteiger partial charge < -0.3 is 14.7 Å². The van der Waals surface area contributed by atoms with Gasteiger partial charge >= 0.3 is 0 Å². The molecule has 1 saturated heterocycles. The van der Waals surface area contributed by atoms with E-state index >= 15 is 0 Å². The minimum Gasteiger partial charge on any atom is -0.381 e. The van der Waals surface area contributed by atoms with Crippen LogP contribution >= 0.6 is 0 Å². The minimum atomic E-state index is -0.430. The molecule has 3 nitrogen and oxygen atoms in total. The lowest BCUT2D eigenvalue weighted by atomic mass is 10.1. The van der Waals surface area contributed by atoms with Crippen LogP contribution < -0.4 is 0 Å². The van der Waals surface area contributed by atoms with Crippen molar-refractivity contribution < 1.29 is 9.84 Å². The van der Waals surface area contributed by atoms with Crippen molar-refractivity contribution in [3.8, 4) is 11.8 Å². The molecule has 21 heavy (non-hydrogen) atoms. The van der Waals surface area contributed by atoms with E-state index in [1.54, 1.807) is 6.92 Å². The fraction of sp³-hybridized carbons (Fsp3) is 0.889. The van der Waals surface area contributed by atoms with Crippen LogP contribution in [-0.4, -0.2) is 49.0 Å². The molecule has 122 valence electrons. The van der Waals surface area contributed by atoms with Crippen LogP contribution in [0.25, 0.3) is 0 Å². The summed E-state index contributed by atoms with van der Waals surface area (Å²) in [6, 6.07) is 0. The van der Waals surface area contributed by atoms with Crippen molar-refractivity contribution in [3.05, 3.63) is 0 Å². The number of ether oxygens (including phenoxy) is 1. The predicted molar refractivity (Wildman–Crippen MR) is 88.3 cm³/mol. The van der Waals surface area contributed by atoms with Crippen LogP contribution in [0.3, 0.4) is 0 Å². The molecule has 0 saturated carbocycles. The zero-order valence-corrected chi connectivity index (χ0v) is 13.8. The first-order valence-electron chi connectivity index (χ1n) is 8.73. The second-order valence-corrected chi connectivity index (χ2v) is 5.98. The SMILES string of the molecule is CC#CC(O)CCCCCCOCCCN1CCCCC1. The van der Waals surface area contributed by atoms with Gasteiger partial charge in [-0.15, -0.1) is 5.92 Å². The molecule has 0 aromatic heterocycles. The van der Waals surface area contributed by atoms with Gasteiger partial charge in [0.15, 0.2) is 0 Å². The normalized spacial score (nSPS) is 17.2. The number of piperidine rings is 1. The largest absolute Gasteiger partial charge is 0.381 e. The highest BCUT2D eigenvalue weighted by atomic mass is 16.5. The summed E-state index contributed by atoms with van der Waals surface area (Å²) in [5.41, 5.74) is 0. The summed E-state index contributed by atoms with van der Waals surface area (Å²) in [7, 11) is 0. The topological polar surface area (TPSA) is 32.7 Å². The number of likely N-dealkylation sites (tertiary alicyclic amines) is 1. The molecule has 1 heterocycles. The summed E-state index contributed by atoms with van der Waals surface area (Å²) in [6.45, 7) is 7.34. The Morgan fingerprint density at radius 2 is 1.71 bits per heavy atom. The summed E-state index contributed by atoms with van der Waals surface area (Å²) in [4.78, 5) is 2.57. The second kappa shape index (κ2) is 13.1. The van der Waals surface area contributed by atoms with Crippen molar-refractivity contribution in [3.63, 3.8) is 0 Å². The lowest BCUT2D eigenvalue weighted by Crippen LogP contribution is -2.31. The van der Waals surface area contributed by atoms with Gasteiger partial charge in [0.2, 0.25) is 0 Å². The van der Waals surface area contributed by atoms with E-state index in [1.165, 1.54) is 58.2 Å². The molecular weight excluding hydrogens is 262 g/mol. The van der Waals surface area contributed by atoms with Gasteiger partial charge in [0.25, 0.3) is 0 Å². The zero-order valence-electron chi connectivity index (χ0n) is 13.8. The first-order valence-corrected chi connectivity index (χ1v) is 8.73. The fourth-order valence-electron chi connectivity index (χ4n) is 2.81. The monoisotopic (exact) mass is 295 g/mol. The highest BCUT2D eigenvalue weighted by Gasteiger charge is 2.08. The molecule has 0 amide bonds. The number of unbranched alkanes of at least 4 members (excludes halogenated alkanes) is 3. The van der Waals surface area contributed by atoms with E-state index in [2.05, 4.69) is 16.7 Å². The molecule has 0 aromatic rings. The molecule has 1 fully saturated rings.